The molecule has 1 aliphatic rings. The lowest BCUT2D eigenvalue weighted by Gasteiger charge is -2.24. The Labute approximate surface area is 146 Å². The third-order valence-electron chi connectivity index (χ3n) is 4.84. The van der Waals surface area contributed by atoms with Crippen LogP contribution in [0.1, 0.15) is 35.8 Å². The van der Waals surface area contributed by atoms with Gasteiger partial charge in [-0.25, -0.2) is 9.50 Å². The second-order valence-electron chi connectivity index (χ2n) is 6.62. The second-order valence-corrected chi connectivity index (χ2v) is 6.62. The average Bonchev–Trinajstić information content (AvgIpc) is 3.21. The smallest absolute Gasteiger partial charge is 0.272 e. The van der Waals surface area contributed by atoms with Gasteiger partial charge in [-0.3, -0.25) is 14.8 Å². The van der Waals surface area contributed by atoms with Gasteiger partial charge in [0, 0.05) is 30.4 Å². The summed E-state index contributed by atoms with van der Waals surface area (Å²) in [7, 11) is 1.69. The molecule has 0 saturated carbocycles. The van der Waals surface area contributed by atoms with Crippen molar-refractivity contribution in [3.05, 3.63) is 63.7 Å². The Morgan fingerprint density at radius 2 is 2.20 bits per heavy atom. The zero-order valence-corrected chi connectivity index (χ0v) is 14.5. The van der Waals surface area contributed by atoms with Crippen molar-refractivity contribution >= 4 is 5.65 Å². The first-order valence-electron chi connectivity index (χ1n) is 8.60. The quantitative estimate of drug-likeness (QED) is 0.794. The Morgan fingerprint density at radius 3 is 3.04 bits per heavy atom. The van der Waals surface area contributed by atoms with Gasteiger partial charge in [-0.1, -0.05) is 12.1 Å². The fourth-order valence-corrected chi connectivity index (χ4v) is 3.69. The first kappa shape index (κ1) is 15.9. The maximum Gasteiger partial charge on any atom is 0.272 e. The van der Waals surface area contributed by atoms with Crippen molar-refractivity contribution in [1.82, 2.24) is 19.5 Å². The summed E-state index contributed by atoms with van der Waals surface area (Å²) in [5.74, 6) is 0.880. The molecule has 1 N–H and O–H groups in total. The van der Waals surface area contributed by atoms with E-state index in [0.29, 0.717) is 18.2 Å². The van der Waals surface area contributed by atoms with E-state index in [0.717, 1.165) is 36.5 Å². The number of fused-ring (bicyclic) bond motifs is 1. The molecule has 0 spiro atoms. The van der Waals surface area contributed by atoms with E-state index in [1.165, 1.54) is 10.1 Å². The normalized spacial score (nSPS) is 18.1. The molecule has 0 amide bonds. The summed E-state index contributed by atoms with van der Waals surface area (Å²) in [6, 6.07) is 12.1. The molecule has 0 unspecified atom stereocenters. The summed E-state index contributed by atoms with van der Waals surface area (Å²) < 4.78 is 6.84. The number of benzene rings is 1. The van der Waals surface area contributed by atoms with Crippen LogP contribution in [-0.4, -0.2) is 33.2 Å². The minimum absolute atomic E-state index is 0.0646. The lowest BCUT2D eigenvalue weighted by Crippen LogP contribution is -2.25. The Bertz CT molecular complexity index is 959. The van der Waals surface area contributed by atoms with Crippen molar-refractivity contribution in [3.8, 4) is 5.75 Å². The highest BCUT2D eigenvalue weighted by Crippen LogP contribution is 2.34. The van der Waals surface area contributed by atoms with E-state index >= 15 is 0 Å². The van der Waals surface area contributed by atoms with Gasteiger partial charge in [0.15, 0.2) is 5.65 Å². The van der Waals surface area contributed by atoms with Gasteiger partial charge in [-0.2, -0.15) is 0 Å². The molecule has 1 aromatic carbocycles. The fraction of sp³-hybridized carbons (Fsp3) is 0.368. The third kappa shape index (κ3) is 3.05. The lowest BCUT2D eigenvalue weighted by molar-refractivity contribution is 0.245. The number of methoxy groups -OCH3 is 1. The first-order valence-corrected chi connectivity index (χ1v) is 8.60. The number of ether oxygens (including phenoxy) is 1. The molecule has 0 aliphatic carbocycles. The molecular formula is C19H22N4O2. The highest BCUT2D eigenvalue weighted by Gasteiger charge is 2.26. The van der Waals surface area contributed by atoms with Crippen LogP contribution in [0.15, 0.2) is 41.2 Å². The van der Waals surface area contributed by atoms with Gasteiger partial charge in [-0.15, -0.1) is 0 Å². The van der Waals surface area contributed by atoms with Crippen molar-refractivity contribution < 1.29 is 4.74 Å². The molecule has 2 aromatic heterocycles. The van der Waals surface area contributed by atoms with E-state index in [1.807, 2.05) is 25.1 Å². The molecule has 3 heterocycles. The van der Waals surface area contributed by atoms with E-state index in [2.05, 4.69) is 27.1 Å². The maximum atomic E-state index is 12.3. The predicted molar refractivity (Wildman–Crippen MR) is 95.9 cm³/mol. The molecule has 0 bridgehead atoms. The van der Waals surface area contributed by atoms with Crippen LogP contribution < -0.4 is 10.3 Å². The molecule has 6 nitrogen and oxygen atoms in total. The number of nitrogens with zero attached hydrogens (tertiary/aromatic N) is 3. The Hall–Kier alpha value is -2.60. The maximum absolute atomic E-state index is 12.3. The number of hydrogen-bond acceptors (Lipinski definition) is 4. The van der Waals surface area contributed by atoms with Crippen LogP contribution in [0.4, 0.5) is 0 Å². The van der Waals surface area contributed by atoms with Gasteiger partial charge in [0.2, 0.25) is 0 Å². The van der Waals surface area contributed by atoms with Gasteiger partial charge in [0.1, 0.15) is 5.75 Å². The second kappa shape index (κ2) is 6.37. The number of H-pyrrole nitrogens is 1. The van der Waals surface area contributed by atoms with E-state index in [4.69, 9.17) is 4.74 Å². The summed E-state index contributed by atoms with van der Waals surface area (Å²) in [5, 5.41) is 3.01. The molecule has 1 atom stereocenters. The molecule has 0 radical (unpaired) electrons. The van der Waals surface area contributed by atoms with E-state index < -0.39 is 0 Å². The monoisotopic (exact) mass is 338 g/mol. The van der Waals surface area contributed by atoms with E-state index in [9.17, 15) is 4.79 Å². The number of rotatable bonds is 4. The van der Waals surface area contributed by atoms with Crippen molar-refractivity contribution in [1.29, 1.82) is 0 Å². The lowest BCUT2D eigenvalue weighted by atomic mass is 10.0. The number of aryl methyl sites for hydroxylation is 1. The van der Waals surface area contributed by atoms with Crippen LogP contribution in [0, 0.1) is 6.92 Å². The van der Waals surface area contributed by atoms with Gasteiger partial charge >= 0.3 is 0 Å². The molecule has 25 heavy (non-hydrogen) atoms. The Kier molecular flexibility index (Phi) is 4.05. The molecule has 1 saturated heterocycles. The number of nitrogens with one attached hydrogen (secondary N) is 1. The van der Waals surface area contributed by atoms with Gasteiger partial charge in [0.05, 0.1) is 12.8 Å². The zero-order valence-electron chi connectivity index (χ0n) is 14.5. The van der Waals surface area contributed by atoms with Crippen LogP contribution in [0.5, 0.6) is 5.75 Å². The molecular weight excluding hydrogens is 316 g/mol. The zero-order chi connectivity index (χ0) is 17.4. The molecule has 3 aromatic rings. The highest BCUT2D eigenvalue weighted by atomic mass is 16.5. The molecule has 1 fully saturated rings. The Morgan fingerprint density at radius 1 is 1.32 bits per heavy atom. The Balaban J connectivity index is 1.62. The topological polar surface area (TPSA) is 62.6 Å². The van der Waals surface area contributed by atoms with E-state index in [-0.39, 0.29) is 5.56 Å². The summed E-state index contributed by atoms with van der Waals surface area (Å²) in [6.07, 6.45) is 2.25. The minimum atomic E-state index is -0.0646. The molecule has 6 heteroatoms. The number of likely N-dealkylation sites (tertiary alicyclic amines) is 1. The number of hydrogen-bond donors (Lipinski definition) is 1. The third-order valence-corrected chi connectivity index (χ3v) is 4.84. The predicted octanol–water partition coefficient (Wildman–Crippen LogP) is 2.68. The largest absolute Gasteiger partial charge is 0.497 e. The van der Waals surface area contributed by atoms with Crippen LogP contribution >= 0.6 is 0 Å². The summed E-state index contributed by atoms with van der Waals surface area (Å²) in [6.45, 7) is 3.61. The van der Waals surface area contributed by atoms with Gasteiger partial charge in [0.25, 0.3) is 5.56 Å². The van der Waals surface area contributed by atoms with Crippen molar-refractivity contribution in [2.24, 2.45) is 0 Å². The standard InChI is InChI=1S/C19H22N4O2/c1-13-9-18-20-15(11-19(24)23(18)21-13)12-22-8-4-7-17(22)14-5-3-6-16(10-14)25-2/h3,5-6,9-11,17,21H,4,7-8,12H2,1-2H3/t17-/m1/s1. The highest BCUT2D eigenvalue weighted by molar-refractivity contribution is 5.39. The van der Waals surface area contributed by atoms with Crippen molar-refractivity contribution in [3.63, 3.8) is 0 Å². The van der Waals surface area contributed by atoms with Crippen LogP contribution in [0.25, 0.3) is 5.65 Å². The number of aromatic nitrogens is 3. The molecule has 1 aliphatic heterocycles. The van der Waals surface area contributed by atoms with Crippen LogP contribution in [0.3, 0.4) is 0 Å². The summed E-state index contributed by atoms with van der Waals surface area (Å²) >= 11 is 0. The van der Waals surface area contributed by atoms with Crippen molar-refractivity contribution in [2.75, 3.05) is 13.7 Å². The van der Waals surface area contributed by atoms with Gasteiger partial charge < -0.3 is 4.74 Å². The molecule has 4 rings (SSSR count). The first-order chi connectivity index (χ1) is 12.1. The van der Waals surface area contributed by atoms with Crippen molar-refractivity contribution in [2.45, 2.75) is 32.4 Å². The van der Waals surface area contributed by atoms with E-state index in [1.54, 1.807) is 13.2 Å². The van der Waals surface area contributed by atoms with Crippen LogP contribution in [-0.2, 0) is 6.54 Å². The summed E-state index contributed by atoms with van der Waals surface area (Å²) in [4.78, 5) is 19.3. The SMILES string of the molecule is COc1cccc([C@H]2CCCN2Cc2cc(=O)n3[nH]c(C)cc3n2)c1. The molecule has 130 valence electrons. The number of aromatic amines is 1. The van der Waals surface area contributed by atoms with Gasteiger partial charge in [-0.05, 0) is 44.0 Å². The average molecular weight is 338 g/mol. The van der Waals surface area contributed by atoms with Crippen LogP contribution in [0.2, 0.25) is 0 Å². The fourth-order valence-electron chi connectivity index (χ4n) is 3.69. The minimum Gasteiger partial charge on any atom is -0.497 e. The summed E-state index contributed by atoms with van der Waals surface area (Å²) in [5.41, 5.74) is 3.62.